The monoisotopic (exact) mass is 299 g/mol. The molecule has 0 atom stereocenters. The lowest BCUT2D eigenvalue weighted by Crippen LogP contribution is -2.26. The standard InChI is InChI=1S/C16H14ClN3O/c17-13-5-8-19-15(10-13)16(21)20-6-3-11-1-2-14-12(9-11)4-7-18-14/h1-2,4-5,7-10,18H,3,6H2,(H,20,21). The summed E-state index contributed by atoms with van der Waals surface area (Å²) in [5.74, 6) is -0.208. The summed E-state index contributed by atoms with van der Waals surface area (Å²) in [5.41, 5.74) is 2.64. The van der Waals surface area contributed by atoms with Crippen molar-refractivity contribution in [3.8, 4) is 0 Å². The fourth-order valence-electron chi connectivity index (χ4n) is 2.20. The number of hydrogen-bond acceptors (Lipinski definition) is 2. The number of carbonyl (C=O) groups excluding carboxylic acids is 1. The van der Waals surface area contributed by atoms with Crippen LogP contribution in [0, 0.1) is 0 Å². The summed E-state index contributed by atoms with van der Waals surface area (Å²) in [6.07, 6.45) is 4.21. The molecule has 0 saturated heterocycles. The molecule has 0 bridgehead atoms. The summed E-state index contributed by atoms with van der Waals surface area (Å²) in [6, 6.07) is 11.5. The minimum atomic E-state index is -0.208. The topological polar surface area (TPSA) is 57.8 Å². The van der Waals surface area contributed by atoms with Crippen molar-refractivity contribution in [2.24, 2.45) is 0 Å². The van der Waals surface area contributed by atoms with Gasteiger partial charge in [-0.15, -0.1) is 0 Å². The molecule has 1 amide bonds. The highest BCUT2D eigenvalue weighted by Crippen LogP contribution is 2.14. The smallest absolute Gasteiger partial charge is 0.269 e. The van der Waals surface area contributed by atoms with Crippen LogP contribution in [0.3, 0.4) is 0 Å². The number of aromatic amines is 1. The maximum absolute atomic E-state index is 11.9. The van der Waals surface area contributed by atoms with E-state index in [4.69, 9.17) is 11.6 Å². The number of H-pyrrole nitrogens is 1. The molecule has 3 aromatic rings. The fraction of sp³-hybridized carbons (Fsp3) is 0.125. The number of rotatable bonds is 4. The molecule has 0 spiro atoms. The van der Waals surface area contributed by atoms with E-state index in [0.29, 0.717) is 17.3 Å². The third-order valence-corrected chi connectivity index (χ3v) is 3.51. The third kappa shape index (κ3) is 3.23. The molecule has 0 aliphatic rings. The van der Waals surface area contributed by atoms with E-state index < -0.39 is 0 Å². The van der Waals surface area contributed by atoms with Crippen molar-refractivity contribution in [1.82, 2.24) is 15.3 Å². The van der Waals surface area contributed by atoms with Crippen LogP contribution in [0.25, 0.3) is 10.9 Å². The molecule has 0 aliphatic heterocycles. The number of aromatic nitrogens is 2. The van der Waals surface area contributed by atoms with Gasteiger partial charge in [0.25, 0.3) is 5.91 Å². The summed E-state index contributed by atoms with van der Waals surface area (Å²) >= 11 is 5.84. The number of amides is 1. The van der Waals surface area contributed by atoms with E-state index in [2.05, 4.69) is 27.4 Å². The number of pyridine rings is 1. The molecule has 106 valence electrons. The van der Waals surface area contributed by atoms with Crippen LogP contribution < -0.4 is 5.32 Å². The Morgan fingerprint density at radius 3 is 3.00 bits per heavy atom. The summed E-state index contributed by atoms with van der Waals surface area (Å²) < 4.78 is 0. The number of carbonyl (C=O) groups is 1. The zero-order chi connectivity index (χ0) is 14.7. The van der Waals surface area contributed by atoms with E-state index in [1.807, 2.05) is 18.3 Å². The quantitative estimate of drug-likeness (QED) is 0.777. The van der Waals surface area contributed by atoms with Gasteiger partial charge in [0.2, 0.25) is 0 Å². The highest BCUT2D eigenvalue weighted by Gasteiger charge is 2.07. The Balaban J connectivity index is 1.59. The summed E-state index contributed by atoms with van der Waals surface area (Å²) in [4.78, 5) is 19.1. The Bertz CT molecular complexity index is 782. The van der Waals surface area contributed by atoms with Crippen LogP contribution in [0.15, 0.2) is 48.8 Å². The average Bonchev–Trinajstić information content (AvgIpc) is 2.94. The number of nitrogens with zero attached hydrogens (tertiary/aromatic N) is 1. The molecule has 4 nitrogen and oxygen atoms in total. The normalized spacial score (nSPS) is 10.7. The molecule has 0 radical (unpaired) electrons. The van der Waals surface area contributed by atoms with Gasteiger partial charge in [-0.2, -0.15) is 0 Å². The minimum Gasteiger partial charge on any atom is -0.361 e. The van der Waals surface area contributed by atoms with Gasteiger partial charge in [-0.3, -0.25) is 9.78 Å². The number of benzene rings is 1. The molecule has 1 aromatic carbocycles. The van der Waals surface area contributed by atoms with Crippen LogP contribution >= 0.6 is 11.6 Å². The van der Waals surface area contributed by atoms with Gasteiger partial charge in [0.1, 0.15) is 5.69 Å². The third-order valence-electron chi connectivity index (χ3n) is 3.27. The van der Waals surface area contributed by atoms with Crippen molar-refractivity contribution in [1.29, 1.82) is 0 Å². The maximum Gasteiger partial charge on any atom is 0.269 e. The van der Waals surface area contributed by atoms with Crippen LogP contribution in [0.1, 0.15) is 16.1 Å². The highest BCUT2D eigenvalue weighted by atomic mass is 35.5. The van der Waals surface area contributed by atoms with Gasteiger partial charge in [0.15, 0.2) is 0 Å². The van der Waals surface area contributed by atoms with Crippen molar-refractivity contribution >= 4 is 28.4 Å². The SMILES string of the molecule is O=C(NCCc1ccc2[nH]ccc2c1)c1cc(Cl)ccn1. The Morgan fingerprint density at radius 2 is 2.14 bits per heavy atom. The van der Waals surface area contributed by atoms with E-state index in [1.165, 1.54) is 17.1 Å². The Hall–Kier alpha value is -2.33. The van der Waals surface area contributed by atoms with Crippen molar-refractivity contribution in [2.45, 2.75) is 6.42 Å². The lowest BCUT2D eigenvalue weighted by Gasteiger charge is -2.05. The highest BCUT2D eigenvalue weighted by molar-refractivity contribution is 6.30. The second kappa shape index (κ2) is 5.97. The predicted molar refractivity (Wildman–Crippen MR) is 83.6 cm³/mol. The molecular formula is C16H14ClN3O. The molecule has 2 heterocycles. The molecule has 3 rings (SSSR count). The van der Waals surface area contributed by atoms with Crippen LogP contribution in [0.5, 0.6) is 0 Å². The Kier molecular flexibility index (Phi) is 3.88. The van der Waals surface area contributed by atoms with Crippen LogP contribution in [-0.2, 0) is 6.42 Å². The first kappa shape index (κ1) is 13.6. The number of nitrogens with one attached hydrogen (secondary N) is 2. The largest absolute Gasteiger partial charge is 0.361 e. The second-order valence-electron chi connectivity index (χ2n) is 4.76. The Labute approximate surface area is 127 Å². The van der Waals surface area contributed by atoms with E-state index in [1.54, 1.807) is 12.1 Å². The maximum atomic E-state index is 11.9. The number of fused-ring (bicyclic) bond motifs is 1. The molecule has 5 heteroatoms. The molecule has 0 aliphatic carbocycles. The van der Waals surface area contributed by atoms with Crippen molar-refractivity contribution in [2.75, 3.05) is 6.54 Å². The minimum absolute atomic E-state index is 0.208. The molecule has 2 N–H and O–H groups in total. The van der Waals surface area contributed by atoms with Crippen molar-refractivity contribution in [3.63, 3.8) is 0 Å². The van der Waals surface area contributed by atoms with Gasteiger partial charge in [0, 0.05) is 29.5 Å². The first-order chi connectivity index (χ1) is 10.2. The van der Waals surface area contributed by atoms with E-state index in [0.717, 1.165) is 11.9 Å². The molecule has 0 unspecified atom stereocenters. The first-order valence-electron chi connectivity index (χ1n) is 6.68. The van der Waals surface area contributed by atoms with Gasteiger partial charge in [-0.1, -0.05) is 17.7 Å². The van der Waals surface area contributed by atoms with Gasteiger partial charge in [-0.25, -0.2) is 0 Å². The van der Waals surface area contributed by atoms with Gasteiger partial charge < -0.3 is 10.3 Å². The van der Waals surface area contributed by atoms with Crippen LogP contribution in [0.2, 0.25) is 5.02 Å². The van der Waals surface area contributed by atoms with Gasteiger partial charge in [-0.05, 0) is 47.7 Å². The second-order valence-corrected chi connectivity index (χ2v) is 5.20. The number of halogens is 1. The summed E-state index contributed by atoms with van der Waals surface area (Å²) in [7, 11) is 0. The van der Waals surface area contributed by atoms with E-state index in [-0.39, 0.29) is 5.91 Å². The predicted octanol–water partition coefficient (Wildman–Crippen LogP) is 3.19. The summed E-state index contributed by atoms with van der Waals surface area (Å²) in [5, 5.41) is 4.53. The molecule has 0 saturated carbocycles. The van der Waals surface area contributed by atoms with Crippen LogP contribution in [-0.4, -0.2) is 22.4 Å². The molecule has 2 aromatic heterocycles. The molecule has 0 fully saturated rings. The first-order valence-corrected chi connectivity index (χ1v) is 7.06. The van der Waals surface area contributed by atoms with E-state index in [9.17, 15) is 4.79 Å². The van der Waals surface area contributed by atoms with Crippen LogP contribution in [0.4, 0.5) is 0 Å². The zero-order valence-electron chi connectivity index (χ0n) is 11.3. The van der Waals surface area contributed by atoms with Crippen molar-refractivity contribution in [3.05, 3.63) is 65.1 Å². The zero-order valence-corrected chi connectivity index (χ0v) is 12.0. The molecular weight excluding hydrogens is 286 g/mol. The van der Waals surface area contributed by atoms with Gasteiger partial charge in [0.05, 0.1) is 0 Å². The lowest BCUT2D eigenvalue weighted by atomic mass is 10.1. The van der Waals surface area contributed by atoms with E-state index >= 15 is 0 Å². The van der Waals surface area contributed by atoms with Crippen molar-refractivity contribution < 1.29 is 4.79 Å². The Morgan fingerprint density at radius 1 is 1.24 bits per heavy atom. The number of hydrogen-bond donors (Lipinski definition) is 2. The molecule has 21 heavy (non-hydrogen) atoms. The lowest BCUT2D eigenvalue weighted by molar-refractivity contribution is 0.0949. The van der Waals surface area contributed by atoms with Gasteiger partial charge >= 0.3 is 0 Å². The summed E-state index contributed by atoms with van der Waals surface area (Å²) in [6.45, 7) is 0.558. The fourth-order valence-corrected chi connectivity index (χ4v) is 2.36. The average molecular weight is 300 g/mol.